The van der Waals surface area contributed by atoms with Crippen molar-refractivity contribution in [3.63, 3.8) is 0 Å². The standard InChI is InChI=1S/C19H36N4.CH4/c1-18(2,3)21-19(16-20)9-14-23(15-10-19)11-5-6-17-7-12-22(4)13-8-17;/h17,21H,5-15H2,1-4H3;1H4. The summed E-state index contributed by atoms with van der Waals surface area (Å²) in [5.74, 6) is 0.941. The van der Waals surface area contributed by atoms with Gasteiger partial charge in [-0.15, -0.1) is 0 Å². The molecule has 0 spiro atoms. The van der Waals surface area contributed by atoms with Crippen molar-refractivity contribution in [2.75, 3.05) is 39.8 Å². The fraction of sp³-hybridized carbons (Fsp3) is 0.950. The van der Waals surface area contributed by atoms with Crippen LogP contribution < -0.4 is 5.32 Å². The van der Waals surface area contributed by atoms with Crippen LogP contribution >= 0.6 is 0 Å². The van der Waals surface area contributed by atoms with Gasteiger partial charge in [0.05, 0.1) is 6.07 Å². The molecular weight excluding hydrogens is 296 g/mol. The van der Waals surface area contributed by atoms with Crippen LogP contribution in [0.4, 0.5) is 0 Å². The second-order valence-corrected chi connectivity index (χ2v) is 8.80. The smallest absolute Gasteiger partial charge is 0.109 e. The van der Waals surface area contributed by atoms with Gasteiger partial charge in [0.15, 0.2) is 0 Å². The Morgan fingerprint density at radius 3 is 2.21 bits per heavy atom. The van der Waals surface area contributed by atoms with Gasteiger partial charge in [-0.3, -0.25) is 5.32 Å². The van der Waals surface area contributed by atoms with E-state index in [0.29, 0.717) is 0 Å². The molecule has 0 amide bonds. The maximum Gasteiger partial charge on any atom is 0.109 e. The van der Waals surface area contributed by atoms with Gasteiger partial charge in [0.1, 0.15) is 5.54 Å². The lowest BCUT2D eigenvalue weighted by molar-refractivity contribution is 0.139. The summed E-state index contributed by atoms with van der Waals surface area (Å²) in [6.07, 6.45) is 7.37. The van der Waals surface area contributed by atoms with Crippen LogP contribution in [0.2, 0.25) is 0 Å². The van der Waals surface area contributed by atoms with E-state index < -0.39 is 0 Å². The summed E-state index contributed by atoms with van der Waals surface area (Å²) in [6, 6.07) is 2.56. The fourth-order valence-electron chi connectivity index (χ4n) is 4.10. The molecule has 0 aromatic heterocycles. The Morgan fingerprint density at radius 2 is 1.71 bits per heavy atom. The van der Waals surface area contributed by atoms with Gasteiger partial charge in [-0.25, -0.2) is 0 Å². The van der Waals surface area contributed by atoms with Gasteiger partial charge < -0.3 is 9.80 Å². The van der Waals surface area contributed by atoms with Crippen LogP contribution in [0, 0.1) is 17.2 Å². The first kappa shape index (κ1) is 21.4. The van der Waals surface area contributed by atoms with Crippen LogP contribution in [0.3, 0.4) is 0 Å². The Balaban J connectivity index is 0.00000288. The molecule has 0 saturated carbocycles. The van der Waals surface area contributed by atoms with Crippen molar-refractivity contribution < 1.29 is 0 Å². The van der Waals surface area contributed by atoms with Crippen molar-refractivity contribution in [3.05, 3.63) is 0 Å². The topological polar surface area (TPSA) is 42.3 Å². The lowest BCUT2D eigenvalue weighted by atomic mass is 9.86. The lowest BCUT2D eigenvalue weighted by Gasteiger charge is -2.41. The van der Waals surface area contributed by atoms with E-state index in [2.05, 4.69) is 49.0 Å². The minimum absolute atomic E-state index is 0. The van der Waals surface area contributed by atoms with Gasteiger partial charge in [-0.2, -0.15) is 5.26 Å². The summed E-state index contributed by atoms with van der Waals surface area (Å²) >= 11 is 0. The average Bonchev–Trinajstić information content (AvgIpc) is 2.50. The number of piperidine rings is 2. The first-order chi connectivity index (χ1) is 10.8. The fourth-order valence-corrected chi connectivity index (χ4v) is 4.10. The maximum absolute atomic E-state index is 9.62. The molecule has 0 aromatic carbocycles. The summed E-state index contributed by atoms with van der Waals surface area (Å²) in [4.78, 5) is 5.01. The third-order valence-electron chi connectivity index (χ3n) is 5.46. The molecule has 2 aliphatic heterocycles. The Labute approximate surface area is 150 Å². The highest BCUT2D eigenvalue weighted by molar-refractivity contribution is 5.11. The van der Waals surface area contributed by atoms with Crippen molar-refractivity contribution >= 4 is 0 Å². The quantitative estimate of drug-likeness (QED) is 0.834. The van der Waals surface area contributed by atoms with Gasteiger partial charge in [0, 0.05) is 18.6 Å². The molecule has 2 fully saturated rings. The van der Waals surface area contributed by atoms with E-state index in [9.17, 15) is 5.26 Å². The van der Waals surface area contributed by atoms with E-state index in [0.717, 1.165) is 31.8 Å². The van der Waals surface area contributed by atoms with Crippen molar-refractivity contribution in [2.24, 2.45) is 5.92 Å². The molecule has 4 heteroatoms. The molecule has 2 rings (SSSR count). The van der Waals surface area contributed by atoms with Crippen LogP contribution in [0.1, 0.15) is 66.7 Å². The molecule has 2 aliphatic rings. The molecule has 0 unspecified atom stereocenters. The van der Waals surface area contributed by atoms with Gasteiger partial charge >= 0.3 is 0 Å². The van der Waals surface area contributed by atoms with Gasteiger partial charge in [0.25, 0.3) is 0 Å². The zero-order valence-electron chi connectivity index (χ0n) is 15.7. The van der Waals surface area contributed by atoms with E-state index in [-0.39, 0.29) is 18.5 Å². The number of nitrogens with one attached hydrogen (secondary N) is 1. The summed E-state index contributed by atoms with van der Waals surface area (Å²) in [7, 11) is 2.23. The molecule has 2 saturated heterocycles. The lowest BCUT2D eigenvalue weighted by Crippen LogP contribution is -2.58. The van der Waals surface area contributed by atoms with Crippen molar-refractivity contribution in [1.29, 1.82) is 5.26 Å². The molecule has 0 aliphatic carbocycles. The number of rotatable bonds is 5. The highest BCUT2D eigenvalue weighted by Crippen LogP contribution is 2.26. The predicted octanol–water partition coefficient (Wildman–Crippen LogP) is 3.49. The van der Waals surface area contributed by atoms with Crippen LogP contribution in [-0.2, 0) is 0 Å². The zero-order chi connectivity index (χ0) is 16.9. The average molecular weight is 337 g/mol. The van der Waals surface area contributed by atoms with Gasteiger partial charge in [0.2, 0.25) is 0 Å². The van der Waals surface area contributed by atoms with E-state index in [1.807, 2.05) is 0 Å². The van der Waals surface area contributed by atoms with Crippen molar-refractivity contribution in [2.45, 2.75) is 77.8 Å². The Morgan fingerprint density at radius 1 is 1.12 bits per heavy atom. The Kier molecular flexibility index (Phi) is 8.19. The highest BCUT2D eigenvalue weighted by atomic mass is 15.2. The molecule has 0 aromatic rings. The van der Waals surface area contributed by atoms with E-state index >= 15 is 0 Å². The van der Waals surface area contributed by atoms with Crippen LogP contribution in [-0.4, -0.2) is 60.6 Å². The Hall–Kier alpha value is -0.630. The molecular formula is C20H40N4. The summed E-state index contributed by atoms with van der Waals surface area (Å²) < 4.78 is 0. The van der Waals surface area contributed by atoms with E-state index in [1.165, 1.54) is 45.3 Å². The number of likely N-dealkylation sites (tertiary alicyclic amines) is 2. The van der Waals surface area contributed by atoms with Crippen LogP contribution in [0.5, 0.6) is 0 Å². The first-order valence-corrected chi connectivity index (χ1v) is 9.43. The SMILES string of the molecule is C.CN1CCC(CCCN2CCC(C#N)(NC(C)(C)C)CC2)CC1. The predicted molar refractivity (Wildman–Crippen MR) is 103 cm³/mol. The molecule has 2 heterocycles. The zero-order valence-corrected chi connectivity index (χ0v) is 15.7. The van der Waals surface area contributed by atoms with Crippen LogP contribution in [0.15, 0.2) is 0 Å². The normalized spacial score (nSPS) is 23.5. The monoisotopic (exact) mass is 336 g/mol. The molecule has 0 radical (unpaired) electrons. The maximum atomic E-state index is 9.62. The summed E-state index contributed by atoms with van der Waals surface area (Å²) in [5.41, 5.74) is -0.311. The molecule has 140 valence electrons. The highest BCUT2D eigenvalue weighted by Gasteiger charge is 2.37. The first-order valence-electron chi connectivity index (χ1n) is 9.43. The number of nitrogens with zero attached hydrogens (tertiary/aromatic N) is 3. The van der Waals surface area contributed by atoms with Crippen molar-refractivity contribution in [3.8, 4) is 6.07 Å². The molecule has 4 nitrogen and oxygen atoms in total. The second kappa shape index (κ2) is 9.17. The van der Waals surface area contributed by atoms with E-state index in [4.69, 9.17) is 0 Å². The Bertz CT molecular complexity index is 391. The molecule has 0 bridgehead atoms. The van der Waals surface area contributed by atoms with Crippen molar-refractivity contribution in [1.82, 2.24) is 15.1 Å². The second-order valence-electron chi connectivity index (χ2n) is 8.80. The van der Waals surface area contributed by atoms with Crippen LogP contribution in [0.25, 0.3) is 0 Å². The number of nitriles is 1. The largest absolute Gasteiger partial charge is 0.306 e. The molecule has 0 atom stereocenters. The minimum atomic E-state index is -0.317. The minimum Gasteiger partial charge on any atom is -0.306 e. The summed E-state index contributed by atoms with van der Waals surface area (Å²) in [5, 5.41) is 13.2. The molecule has 24 heavy (non-hydrogen) atoms. The summed E-state index contributed by atoms with van der Waals surface area (Å²) in [6.45, 7) is 12.3. The van der Waals surface area contributed by atoms with Gasteiger partial charge in [-0.05, 0) is 91.9 Å². The third-order valence-corrected chi connectivity index (χ3v) is 5.46. The van der Waals surface area contributed by atoms with E-state index in [1.54, 1.807) is 0 Å². The number of hydrogen-bond acceptors (Lipinski definition) is 4. The third kappa shape index (κ3) is 6.70. The molecule has 1 N–H and O–H groups in total. The van der Waals surface area contributed by atoms with Gasteiger partial charge in [-0.1, -0.05) is 7.43 Å². The number of hydrogen-bond donors (Lipinski definition) is 1.